The molecule has 2 N–H and O–H groups in total. The van der Waals surface area contributed by atoms with E-state index in [4.69, 9.17) is 0 Å². The average molecular weight is 305 g/mol. The molecule has 1 aromatic heterocycles. The molecule has 0 radical (unpaired) electrons. The lowest BCUT2D eigenvalue weighted by Crippen LogP contribution is -2.33. The first kappa shape index (κ1) is 16.6. The summed E-state index contributed by atoms with van der Waals surface area (Å²) in [6.45, 7) is 8.89. The fourth-order valence-corrected chi connectivity index (χ4v) is 2.31. The number of aliphatic hydroxyl groups excluding tert-OH is 1. The van der Waals surface area contributed by atoms with Gasteiger partial charge >= 0.3 is 0 Å². The fourth-order valence-electron chi connectivity index (χ4n) is 2.31. The van der Waals surface area contributed by atoms with Crippen LogP contribution in [0.1, 0.15) is 38.1 Å². The van der Waals surface area contributed by atoms with E-state index < -0.39 is 0 Å². The van der Waals surface area contributed by atoms with E-state index in [1.54, 1.807) is 10.7 Å². The second-order valence-electron chi connectivity index (χ2n) is 6.50. The number of benzene rings is 1. The minimum atomic E-state index is -0.273. The maximum atomic E-state index is 13.4. The van der Waals surface area contributed by atoms with Crippen molar-refractivity contribution in [3.63, 3.8) is 0 Å². The Kier molecular flexibility index (Phi) is 4.98. The molecule has 0 spiro atoms. The van der Waals surface area contributed by atoms with Crippen LogP contribution in [0.4, 0.5) is 4.39 Å². The van der Waals surface area contributed by atoms with Gasteiger partial charge in [-0.1, -0.05) is 19.9 Å². The number of halogens is 1. The van der Waals surface area contributed by atoms with Crippen LogP contribution in [0.3, 0.4) is 0 Å². The van der Waals surface area contributed by atoms with Crippen molar-refractivity contribution in [2.45, 2.75) is 33.7 Å². The van der Waals surface area contributed by atoms with Gasteiger partial charge in [0, 0.05) is 35.9 Å². The fraction of sp³-hybridized carbons (Fsp3) is 0.471. The number of rotatable bonds is 6. The summed E-state index contributed by atoms with van der Waals surface area (Å²) in [6.07, 6.45) is 1.81. The molecule has 0 aliphatic carbocycles. The topological polar surface area (TPSA) is 50.1 Å². The minimum Gasteiger partial charge on any atom is -0.396 e. The van der Waals surface area contributed by atoms with Crippen LogP contribution in [0.25, 0.3) is 5.69 Å². The van der Waals surface area contributed by atoms with E-state index in [1.807, 2.05) is 33.0 Å². The number of hydrogen-bond acceptors (Lipinski definition) is 3. The predicted molar refractivity (Wildman–Crippen MR) is 85.5 cm³/mol. The van der Waals surface area contributed by atoms with E-state index in [-0.39, 0.29) is 23.9 Å². The normalized spacial score (nSPS) is 13.4. The second-order valence-corrected chi connectivity index (χ2v) is 6.50. The largest absolute Gasteiger partial charge is 0.396 e. The number of aromatic nitrogens is 2. The highest BCUT2D eigenvalue weighted by molar-refractivity contribution is 5.35. The highest BCUT2D eigenvalue weighted by Crippen LogP contribution is 2.22. The number of aliphatic hydroxyl groups is 1. The quantitative estimate of drug-likeness (QED) is 0.862. The van der Waals surface area contributed by atoms with Crippen molar-refractivity contribution in [3.8, 4) is 5.69 Å². The van der Waals surface area contributed by atoms with Crippen molar-refractivity contribution in [2.75, 3.05) is 13.2 Å². The monoisotopic (exact) mass is 305 g/mol. The number of nitrogens with one attached hydrogen (secondary N) is 1. The van der Waals surface area contributed by atoms with Gasteiger partial charge in [-0.3, -0.25) is 0 Å². The molecule has 0 amide bonds. The molecule has 0 bridgehead atoms. The number of hydrogen-bond donors (Lipinski definition) is 2. The lowest BCUT2D eigenvalue weighted by molar-refractivity contribution is 0.154. The van der Waals surface area contributed by atoms with Gasteiger partial charge in [-0.15, -0.1) is 0 Å². The Morgan fingerprint density at radius 2 is 2.14 bits per heavy atom. The van der Waals surface area contributed by atoms with E-state index in [0.29, 0.717) is 12.2 Å². The molecule has 4 nitrogen and oxygen atoms in total. The van der Waals surface area contributed by atoms with Crippen LogP contribution < -0.4 is 5.32 Å². The van der Waals surface area contributed by atoms with Crippen LogP contribution in [0.15, 0.2) is 30.5 Å². The summed E-state index contributed by atoms with van der Waals surface area (Å²) in [4.78, 5) is 0. The van der Waals surface area contributed by atoms with Crippen molar-refractivity contribution in [3.05, 3.63) is 47.5 Å². The van der Waals surface area contributed by atoms with Gasteiger partial charge in [-0.25, -0.2) is 9.07 Å². The SMILES string of the molecule is Cc1c([C@H](C)NCC(C)(C)CO)cnn1-c1cccc(F)c1. The Hall–Kier alpha value is -1.72. The van der Waals surface area contributed by atoms with Crippen molar-refractivity contribution in [1.82, 2.24) is 15.1 Å². The van der Waals surface area contributed by atoms with Crippen LogP contribution >= 0.6 is 0 Å². The highest BCUT2D eigenvalue weighted by atomic mass is 19.1. The third-order valence-electron chi connectivity index (χ3n) is 3.88. The lowest BCUT2D eigenvalue weighted by atomic mass is 9.94. The summed E-state index contributed by atoms with van der Waals surface area (Å²) in [5.74, 6) is -0.273. The summed E-state index contributed by atoms with van der Waals surface area (Å²) in [5, 5.41) is 17.1. The molecule has 1 heterocycles. The molecule has 0 unspecified atom stereocenters. The molecule has 2 rings (SSSR count). The Labute approximate surface area is 131 Å². The summed E-state index contributed by atoms with van der Waals surface area (Å²) >= 11 is 0. The van der Waals surface area contributed by atoms with Crippen molar-refractivity contribution < 1.29 is 9.50 Å². The van der Waals surface area contributed by atoms with Crippen LogP contribution in [-0.4, -0.2) is 28.0 Å². The van der Waals surface area contributed by atoms with Crippen molar-refractivity contribution in [2.24, 2.45) is 5.41 Å². The van der Waals surface area contributed by atoms with E-state index in [2.05, 4.69) is 17.3 Å². The van der Waals surface area contributed by atoms with Crippen LogP contribution in [0, 0.1) is 18.2 Å². The van der Waals surface area contributed by atoms with E-state index in [1.165, 1.54) is 12.1 Å². The Morgan fingerprint density at radius 3 is 2.77 bits per heavy atom. The standard InChI is InChI=1S/C17H24FN3O/c1-12(19-10-17(3,4)11-22)16-9-20-21(13(16)2)15-7-5-6-14(18)8-15/h5-9,12,19,22H,10-11H2,1-4H3/t12-/m0/s1. The maximum absolute atomic E-state index is 13.4. The highest BCUT2D eigenvalue weighted by Gasteiger charge is 2.20. The molecule has 22 heavy (non-hydrogen) atoms. The molecule has 1 aromatic carbocycles. The summed E-state index contributed by atoms with van der Waals surface area (Å²) in [6, 6.07) is 6.51. The van der Waals surface area contributed by atoms with Crippen molar-refractivity contribution in [1.29, 1.82) is 0 Å². The smallest absolute Gasteiger partial charge is 0.125 e. The molecule has 0 saturated carbocycles. The van der Waals surface area contributed by atoms with Crippen molar-refractivity contribution >= 4 is 0 Å². The summed E-state index contributed by atoms with van der Waals surface area (Å²) < 4.78 is 15.1. The van der Waals surface area contributed by atoms with E-state index in [0.717, 1.165) is 11.3 Å². The first-order valence-corrected chi connectivity index (χ1v) is 7.49. The first-order valence-electron chi connectivity index (χ1n) is 7.49. The van der Waals surface area contributed by atoms with Gasteiger partial charge in [0.1, 0.15) is 5.82 Å². The Bertz CT molecular complexity index is 637. The van der Waals surface area contributed by atoms with Gasteiger partial charge in [-0.2, -0.15) is 5.10 Å². The third kappa shape index (κ3) is 3.72. The van der Waals surface area contributed by atoms with E-state index in [9.17, 15) is 9.50 Å². The van der Waals surface area contributed by atoms with Gasteiger partial charge in [0.05, 0.1) is 11.9 Å². The third-order valence-corrected chi connectivity index (χ3v) is 3.88. The van der Waals surface area contributed by atoms with Crippen LogP contribution in [0.2, 0.25) is 0 Å². The Balaban J connectivity index is 2.17. The molecule has 120 valence electrons. The molecule has 1 atom stereocenters. The zero-order valence-electron chi connectivity index (χ0n) is 13.6. The van der Waals surface area contributed by atoms with Gasteiger partial charge < -0.3 is 10.4 Å². The minimum absolute atomic E-state index is 0.105. The number of nitrogens with zero attached hydrogens (tertiary/aromatic N) is 2. The predicted octanol–water partition coefficient (Wildman–Crippen LogP) is 2.99. The van der Waals surface area contributed by atoms with E-state index >= 15 is 0 Å². The summed E-state index contributed by atoms with van der Waals surface area (Å²) in [5.41, 5.74) is 2.60. The molecule has 0 saturated heterocycles. The van der Waals surface area contributed by atoms with Gasteiger partial charge in [0.15, 0.2) is 0 Å². The molecule has 0 fully saturated rings. The second kappa shape index (κ2) is 6.58. The molecule has 0 aliphatic heterocycles. The average Bonchev–Trinajstić information content (AvgIpc) is 2.87. The lowest BCUT2D eigenvalue weighted by Gasteiger charge is -2.25. The van der Waals surface area contributed by atoms with Crippen LogP contribution in [0.5, 0.6) is 0 Å². The molecular weight excluding hydrogens is 281 g/mol. The molecule has 5 heteroatoms. The Morgan fingerprint density at radius 1 is 1.41 bits per heavy atom. The van der Waals surface area contributed by atoms with Gasteiger partial charge in [-0.05, 0) is 32.0 Å². The molecule has 0 aliphatic rings. The van der Waals surface area contributed by atoms with Gasteiger partial charge in [0.2, 0.25) is 0 Å². The summed E-state index contributed by atoms with van der Waals surface area (Å²) in [7, 11) is 0. The molecule has 2 aromatic rings. The maximum Gasteiger partial charge on any atom is 0.125 e. The zero-order valence-corrected chi connectivity index (χ0v) is 13.6. The van der Waals surface area contributed by atoms with Crippen LogP contribution in [-0.2, 0) is 0 Å². The molecular formula is C17H24FN3O. The first-order chi connectivity index (χ1) is 10.3. The van der Waals surface area contributed by atoms with Gasteiger partial charge in [0.25, 0.3) is 0 Å². The zero-order chi connectivity index (χ0) is 16.3.